The number of fused-ring (bicyclic) bond motifs is 18. The van der Waals surface area contributed by atoms with Crippen molar-refractivity contribution in [1.29, 1.82) is 0 Å². The quantitative estimate of drug-likeness (QED) is 0.121. The largest absolute Gasteiger partial charge is 0.309 e. The third-order valence-electron chi connectivity index (χ3n) is 25.9. The third kappa shape index (κ3) is 12.9. The molecular formula is C120H78N12. The van der Waals surface area contributed by atoms with Gasteiger partial charge in [-0.25, -0.2) is 4.98 Å². The van der Waals surface area contributed by atoms with Crippen molar-refractivity contribution in [3.63, 3.8) is 0 Å². The van der Waals surface area contributed by atoms with Gasteiger partial charge >= 0.3 is 0 Å². The molecule has 0 bridgehead atoms. The monoisotopic (exact) mass is 1690 g/mol. The van der Waals surface area contributed by atoms with Crippen LogP contribution in [0, 0.1) is 0 Å². The van der Waals surface area contributed by atoms with E-state index in [0.29, 0.717) is 17.6 Å². The minimum absolute atomic E-state index is 0.579. The van der Waals surface area contributed by atoms with Crippen LogP contribution in [0.1, 0.15) is 0 Å². The molecule has 0 aliphatic carbocycles. The van der Waals surface area contributed by atoms with Crippen LogP contribution in [0.15, 0.2) is 474 Å². The van der Waals surface area contributed by atoms with Crippen LogP contribution < -0.4 is 0 Å². The molecule has 0 unspecified atom stereocenters. The number of pyridine rings is 3. The molecule has 618 valence electrons. The maximum absolute atomic E-state index is 5.09. The number of aromatic nitrogens is 12. The topological polar surface area (TPSA) is 107 Å². The number of rotatable bonds is 12. The Morgan fingerprint density at radius 3 is 0.886 bits per heavy atom. The molecule has 0 atom stereocenters. The van der Waals surface area contributed by atoms with Gasteiger partial charge in [-0.15, -0.1) is 0 Å². The number of hydrogen-bond donors (Lipinski definition) is 0. The Morgan fingerprint density at radius 2 is 0.462 bits per heavy atom. The van der Waals surface area contributed by atoms with Gasteiger partial charge in [0.1, 0.15) is 0 Å². The summed E-state index contributed by atoms with van der Waals surface area (Å²) < 4.78 is 13.9. The molecule has 0 aliphatic rings. The average Bonchev–Trinajstić information content (AvgIpc) is 1.58. The van der Waals surface area contributed by atoms with Gasteiger partial charge < -0.3 is 22.8 Å². The van der Waals surface area contributed by atoms with E-state index in [1.807, 2.05) is 97.7 Å². The highest BCUT2D eigenvalue weighted by Crippen LogP contribution is 2.46. The molecule has 0 amide bonds. The maximum atomic E-state index is 5.09. The molecule has 0 saturated carbocycles. The first-order chi connectivity index (χ1) is 65.5. The molecule has 12 nitrogen and oxygen atoms in total. The lowest BCUT2D eigenvalue weighted by Crippen LogP contribution is -2.06. The van der Waals surface area contributed by atoms with E-state index in [2.05, 4.69) is 413 Å². The van der Waals surface area contributed by atoms with Crippen LogP contribution in [0.2, 0.25) is 0 Å². The second-order valence-electron chi connectivity index (χ2n) is 33.3. The van der Waals surface area contributed by atoms with Crippen LogP contribution >= 0.6 is 0 Å². The summed E-state index contributed by atoms with van der Waals surface area (Å²) in [7, 11) is 0. The number of nitrogens with zero attached hydrogens (tertiary/aromatic N) is 12. The molecule has 0 N–H and O–H groups in total. The van der Waals surface area contributed by atoms with E-state index in [0.717, 1.165) is 111 Å². The van der Waals surface area contributed by atoms with Crippen molar-refractivity contribution in [1.82, 2.24) is 57.3 Å². The molecule has 0 radical (unpaired) electrons. The van der Waals surface area contributed by atoms with E-state index in [4.69, 9.17) is 19.9 Å². The second-order valence-corrected chi connectivity index (χ2v) is 33.3. The Hall–Kier alpha value is -18.0. The molecule has 10 aromatic heterocycles. The van der Waals surface area contributed by atoms with Crippen molar-refractivity contribution in [2.75, 3.05) is 0 Å². The van der Waals surface area contributed by atoms with Crippen molar-refractivity contribution in [2.45, 2.75) is 0 Å². The van der Waals surface area contributed by atoms with Crippen LogP contribution in [0.5, 0.6) is 0 Å². The van der Waals surface area contributed by atoms with E-state index in [1.165, 1.54) is 104 Å². The van der Waals surface area contributed by atoms with Crippen LogP contribution in [0.3, 0.4) is 0 Å². The summed E-state index contributed by atoms with van der Waals surface area (Å²) in [4.78, 5) is 29.1. The lowest BCUT2D eigenvalue weighted by atomic mass is 9.98. The minimum Gasteiger partial charge on any atom is -0.309 e. The van der Waals surface area contributed by atoms with Crippen molar-refractivity contribution in [2.24, 2.45) is 0 Å². The Morgan fingerprint density at radius 1 is 0.167 bits per heavy atom. The Balaban J connectivity index is 0.000000107. The molecule has 132 heavy (non-hydrogen) atoms. The normalized spacial score (nSPS) is 11.6. The fourth-order valence-electron chi connectivity index (χ4n) is 20.1. The van der Waals surface area contributed by atoms with Gasteiger partial charge in [0.2, 0.25) is 5.95 Å². The zero-order valence-electron chi connectivity index (χ0n) is 71.4. The molecule has 27 aromatic rings. The van der Waals surface area contributed by atoms with E-state index in [-0.39, 0.29) is 0 Å². The maximum Gasteiger partial charge on any atom is 0.238 e. The first-order valence-electron chi connectivity index (χ1n) is 44.5. The predicted molar refractivity (Wildman–Crippen MR) is 545 cm³/mol. The highest BCUT2D eigenvalue weighted by atomic mass is 15.2. The zero-order valence-corrected chi connectivity index (χ0v) is 71.4. The van der Waals surface area contributed by atoms with Gasteiger partial charge in [-0.3, -0.25) is 19.5 Å². The first-order valence-corrected chi connectivity index (χ1v) is 44.5. The highest BCUT2D eigenvalue weighted by molar-refractivity contribution is 6.21. The van der Waals surface area contributed by atoms with Gasteiger partial charge in [-0.1, -0.05) is 285 Å². The first kappa shape index (κ1) is 76.4. The molecule has 0 spiro atoms. The van der Waals surface area contributed by atoms with Crippen LogP contribution in [-0.2, 0) is 0 Å². The van der Waals surface area contributed by atoms with Gasteiger partial charge in [-0.05, 0) is 202 Å². The van der Waals surface area contributed by atoms with Gasteiger partial charge in [0, 0.05) is 130 Å². The average molecular weight is 1690 g/mol. The molecule has 0 saturated heterocycles. The zero-order chi connectivity index (χ0) is 87.1. The fraction of sp³-hybridized carbons (Fsp3) is 0. The summed E-state index contributed by atoms with van der Waals surface area (Å²) in [6.07, 6.45) is 9.64. The molecule has 0 aliphatic heterocycles. The van der Waals surface area contributed by atoms with E-state index in [9.17, 15) is 0 Å². The van der Waals surface area contributed by atoms with Crippen LogP contribution in [-0.4, -0.2) is 57.3 Å². The summed E-state index contributed by atoms with van der Waals surface area (Å²) in [5.74, 6) is 1.84. The van der Waals surface area contributed by atoms with E-state index >= 15 is 0 Å². The molecular weight excluding hydrogens is 1610 g/mol. The lowest BCUT2D eigenvalue weighted by molar-refractivity contribution is 0.953. The standard InChI is InChI=1S/C44H28N6.C41H27N3.C35H23N3/c1-4-13-29(14-5-1)42-46-43(30-15-6-2-7-16-30)48-44(47-42)50-37-21-11-10-19-34(37)35-27-31(23-24-38(35)50)33-20-12-22-40-41(33)36-28-45-26-25-39(36)49(40)32-17-8-3-9-18-32;1-3-10-28(11-4-1)29-18-21-32(22-19-29)43-37-16-8-7-14-34(37)35-26-30(20-23-38(35)43)33-15-9-17-40-41(33)36-27-42-25-24-39(36)44(40)31-12-5-2-6-13-31;1-3-11-25(12-4-1)37-30-17-8-7-15-28(30)29-23-24(20-21-31(29)37)27-16-9-18-32-34(27)35-33(19-10-22-36-35)38(32)26-13-5-2-6-14-26/h1-28H;1-27H;1-23H. The molecule has 12 heteroatoms. The Labute approximate surface area is 758 Å². The number of benzene rings is 17. The number of hydrogen-bond acceptors (Lipinski definition) is 6. The minimum atomic E-state index is 0.579. The summed E-state index contributed by atoms with van der Waals surface area (Å²) in [5.41, 5.74) is 31.9. The summed E-state index contributed by atoms with van der Waals surface area (Å²) in [5, 5.41) is 13.1. The van der Waals surface area contributed by atoms with Gasteiger partial charge in [0.15, 0.2) is 11.6 Å². The summed E-state index contributed by atoms with van der Waals surface area (Å²) in [6.45, 7) is 0. The lowest BCUT2D eigenvalue weighted by Gasteiger charge is -2.11. The summed E-state index contributed by atoms with van der Waals surface area (Å²) >= 11 is 0. The van der Waals surface area contributed by atoms with Crippen molar-refractivity contribution < 1.29 is 0 Å². The Bertz CT molecular complexity index is 9060. The smallest absolute Gasteiger partial charge is 0.238 e. The molecule has 0 fully saturated rings. The van der Waals surface area contributed by atoms with Crippen LogP contribution in [0.4, 0.5) is 0 Å². The second kappa shape index (κ2) is 32.1. The summed E-state index contributed by atoms with van der Waals surface area (Å²) in [6, 6.07) is 156. The van der Waals surface area contributed by atoms with Crippen LogP contribution in [0.25, 0.3) is 233 Å². The van der Waals surface area contributed by atoms with Crippen molar-refractivity contribution in [3.8, 4) is 102 Å². The van der Waals surface area contributed by atoms with Gasteiger partial charge in [0.05, 0.1) is 71.7 Å². The van der Waals surface area contributed by atoms with Gasteiger partial charge in [-0.2, -0.15) is 9.97 Å². The van der Waals surface area contributed by atoms with Gasteiger partial charge in [0.25, 0.3) is 0 Å². The predicted octanol–water partition coefficient (Wildman–Crippen LogP) is 30.0. The van der Waals surface area contributed by atoms with E-state index < -0.39 is 0 Å². The van der Waals surface area contributed by atoms with Crippen molar-refractivity contribution >= 4 is 131 Å². The third-order valence-corrected chi connectivity index (χ3v) is 25.9. The Kier molecular flexibility index (Phi) is 18.6. The SMILES string of the molecule is c1ccc(-c2ccc(-n3c4ccccc4c4cc(-c5cccc6c5c5cnccc5n6-c5ccccc5)ccc43)cc2)cc1.c1ccc(-c2nc(-c3ccccc3)nc(-n3c4ccccc4c4cc(-c5cccc6c5c5cnccc5n6-c5ccccc5)ccc43)n2)cc1.c1ccc(-n2c3ccccc3c3cc(-c4cccc5c4c4ncccc4n5-c4ccccc4)ccc32)cc1. The molecule has 17 aromatic carbocycles. The van der Waals surface area contributed by atoms with Crippen molar-refractivity contribution in [3.05, 3.63) is 474 Å². The fourth-order valence-corrected chi connectivity index (χ4v) is 20.1. The highest BCUT2D eigenvalue weighted by Gasteiger charge is 2.26. The molecule has 27 rings (SSSR count). The van der Waals surface area contributed by atoms with E-state index in [1.54, 1.807) is 0 Å². The molecule has 10 heterocycles. The number of para-hydroxylation sites is 7.